The molecule has 2 aromatic rings. The number of carbonyl (C=O) groups excluding carboxylic acids is 1. The number of halogens is 1. The highest BCUT2D eigenvalue weighted by atomic mass is 35.5. The number of hydrogen-bond acceptors (Lipinski definition) is 3. The van der Waals surface area contributed by atoms with Crippen LogP contribution >= 0.6 is 22.9 Å². The van der Waals surface area contributed by atoms with E-state index < -0.39 is 0 Å². The SMILES string of the molecule is CCCc1cc(C(=O)NC(C)Cc2ccsc2)cc(Cl)n1. The standard InChI is InChI=1S/C16H19ClN2OS/c1-3-4-14-8-13(9-15(17)19-14)16(20)18-11(2)7-12-5-6-21-10-12/h5-6,8-11H,3-4,7H2,1-2H3,(H,18,20). The minimum absolute atomic E-state index is 0.0775. The van der Waals surface area contributed by atoms with Crippen LogP contribution in [-0.4, -0.2) is 16.9 Å². The summed E-state index contributed by atoms with van der Waals surface area (Å²) in [5.74, 6) is -0.0978. The molecule has 0 aliphatic carbocycles. The summed E-state index contributed by atoms with van der Waals surface area (Å²) in [5.41, 5.74) is 2.68. The van der Waals surface area contributed by atoms with Gasteiger partial charge in [-0.2, -0.15) is 11.3 Å². The smallest absolute Gasteiger partial charge is 0.251 e. The van der Waals surface area contributed by atoms with Gasteiger partial charge in [0.2, 0.25) is 0 Å². The number of amides is 1. The Kier molecular flexibility index (Phi) is 5.76. The minimum Gasteiger partial charge on any atom is -0.349 e. The molecule has 0 spiro atoms. The number of aryl methyl sites for hydroxylation is 1. The summed E-state index contributed by atoms with van der Waals surface area (Å²) < 4.78 is 0. The summed E-state index contributed by atoms with van der Waals surface area (Å²) in [4.78, 5) is 16.5. The first-order valence-corrected chi connectivity index (χ1v) is 8.39. The molecule has 1 unspecified atom stereocenters. The zero-order chi connectivity index (χ0) is 15.2. The maximum absolute atomic E-state index is 12.3. The van der Waals surface area contributed by atoms with Crippen molar-refractivity contribution >= 4 is 28.8 Å². The number of nitrogens with one attached hydrogen (secondary N) is 1. The first kappa shape index (κ1) is 16.0. The van der Waals surface area contributed by atoms with Crippen LogP contribution in [0.4, 0.5) is 0 Å². The number of aromatic nitrogens is 1. The van der Waals surface area contributed by atoms with Gasteiger partial charge in [0.05, 0.1) is 0 Å². The highest BCUT2D eigenvalue weighted by Gasteiger charge is 2.12. The first-order chi connectivity index (χ1) is 10.1. The van der Waals surface area contributed by atoms with E-state index in [2.05, 4.69) is 28.7 Å². The molecule has 0 saturated heterocycles. The second-order valence-corrected chi connectivity index (χ2v) is 6.30. The third kappa shape index (κ3) is 4.83. The molecule has 1 N–H and O–H groups in total. The van der Waals surface area contributed by atoms with Crippen molar-refractivity contribution in [1.82, 2.24) is 10.3 Å². The largest absolute Gasteiger partial charge is 0.349 e. The van der Waals surface area contributed by atoms with Gasteiger partial charge in [0.1, 0.15) is 5.15 Å². The van der Waals surface area contributed by atoms with E-state index in [1.165, 1.54) is 5.56 Å². The molecule has 0 aliphatic heterocycles. The maximum Gasteiger partial charge on any atom is 0.251 e. The summed E-state index contributed by atoms with van der Waals surface area (Å²) in [7, 11) is 0. The fourth-order valence-corrected chi connectivity index (χ4v) is 3.09. The number of hydrogen-bond donors (Lipinski definition) is 1. The summed E-state index contributed by atoms with van der Waals surface area (Å²) in [6, 6.07) is 5.60. The van der Waals surface area contributed by atoms with Crippen LogP contribution in [0, 0.1) is 0 Å². The Bertz CT molecular complexity index is 598. The monoisotopic (exact) mass is 322 g/mol. The summed E-state index contributed by atoms with van der Waals surface area (Å²) in [6.45, 7) is 4.08. The average molecular weight is 323 g/mol. The second kappa shape index (κ2) is 7.57. The van der Waals surface area contributed by atoms with E-state index in [1.807, 2.05) is 18.4 Å². The van der Waals surface area contributed by atoms with Gasteiger partial charge in [-0.3, -0.25) is 4.79 Å². The number of rotatable bonds is 6. The summed E-state index contributed by atoms with van der Waals surface area (Å²) in [6.07, 6.45) is 2.63. The highest BCUT2D eigenvalue weighted by molar-refractivity contribution is 7.07. The first-order valence-electron chi connectivity index (χ1n) is 7.07. The van der Waals surface area contributed by atoms with Gasteiger partial charge >= 0.3 is 0 Å². The Hall–Kier alpha value is -1.39. The van der Waals surface area contributed by atoms with Crippen molar-refractivity contribution in [2.24, 2.45) is 0 Å². The van der Waals surface area contributed by atoms with Crippen LogP contribution in [-0.2, 0) is 12.8 Å². The van der Waals surface area contributed by atoms with Crippen LogP contribution in [0.25, 0.3) is 0 Å². The fraction of sp³-hybridized carbons (Fsp3) is 0.375. The van der Waals surface area contributed by atoms with Crippen molar-refractivity contribution < 1.29 is 4.79 Å². The second-order valence-electron chi connectivity index (χ2n) is 5.13. The van der Waals surface area contributed by atoms with E-state index in [1.54, 1.807) is 17.4 Å². The average Bonchev–Trinajstić information content (AvgIpc) is 2.91. The van der Waals surface area contributed by atoms with Gasteiger partial charge in [-0.05, 0) is 54.3 Å². The van der Waals surface area contributed by atoms with Crippen LogP contribution in [0.15, 0.2) is 29.0 Å². The van der Waals surface area contributed by atoms with E-state index in [-0.39, 0.29) is 11.9 Å². The number of pyridine rings is 1. The van der Waals surface area contributed by atoms with Crippen LogP contribution in [0.1, 0.15) is 41.9 Å². The van der Waals surface area contributed by atoms with E-state index in [0.717, 1.165) is 25.0 Å². The van der Waals surface area contributed by atoms with Crippen molar-refractivity contribution in [1.29, 1.82) is 0 Å². The Morgan fingerprint density at radius 1 is 1.48 bits per heavy atom. The number of carbonyl (C=O) groups is 1. The van der Waals surface area contributed by atoms with Gasteiger partial charge in [-0.25, -0.2) is 4.98 Å². The molecule has 1 amide bonds. The van der Waals surface area contributed by atoms with Crippen molar-refractivity contribution in [2.45, 2.75) is 39.2 Å². The topological polar surface area (TPSA) is 42.0 Å². The molecule has 0 bridgehead atoms. The molecule has 0 fully saturated rings. The lowest BCUT2D eigenvalue weighted by atomic mass is 10.1. The van der Waals surface area contributed by atoms with Gasteiger partial charge in [0.25, 0.3) is 5.91 Å². The summed E-state index contributed by atoms with van der Waals surface area (Å²) in [5, 5.41) is 7.53. The zero-order valence-corrected chi connectivity index (χ0v) is 13.8. The Morgan fingerprint density at radius 3 is 2.95 bits per heavy atom. The molecule has 0 aromatic carbocycles. The molecule has 3 nitrogen and oxygen atoms in total. The molecular weight excluding hydrogens is 304 g/mol. The molecule has 2 rings (SSSR count). The third-order valence-electron chi connectivity index (χ3n) is 3.11. The van der Waals surface area contributed by atoms with Gasteiger partial charge in [0, 0.05) is 17.3 Å². The van der Waals surface area contributed by atoms with Gasteiger partial charge < -0.3 is 5.32 Å². The normalized spacial score (nSPS) is 12.1. The van der Waals surface area contributed by atoms with E-state index in [0.29, 0.717) is 10.7 Å². The molecule has 1 atom stereocenters. The molecule has 2 heterocycles. The quantitative estimate of drug-likeness (QED) is 0.813. The Labute approximate surface area is 134 Å². The Morgan fingerprint density at radius 2 is 2.29 bits per heavy atom. The van der Waals surface area contributed by atoms with Crippen molar-refractivity contribution in [2.75, 3.05) is 0 Å². The highest BCUT2D eigenvalue weighted by Crippen LogP contribution is 2.13. The van der Waals surface area contributed by atoms with Gasteiger partial charge in [0.15, 0.2) is 0 Å². The molecule has 21 heavy (non-hydrogen) atoms. The molecule has 0 radical (unpaired) electrons. The number of nitrogens with zero attached hydrogens (tertiary/aromatic N) is 1. The predicted octanol–water partition coefficient (Wildman–Crippen LogP) is 4.11. The van der Waals surface area contributed by atoms with Crippen molar-refractivity contribution in [3.8, 4) is 0 Å². The third-order valence-corrected chi connectivity index (χ3v) is 4.04. The zero-order valence-electron chi connectivity index (χ0n) is 12.2. The lowest BCUT2D eigenvalue weighted by molar-refractivity contribution is 0.0940. The number of thiophene rings is 1. The fourth-order valence-electron chi connectivity index (χ4n) is 2.19. The lowest BCUT2D eigenvalue weighted by Gasteiger charge is -2.14. The van der Waals surface area contributed by atoms with E-state index in [4.69, 9.17) is 11.6 Å². The van der Waals surface area contributed by atoms with Crippen molar-refractivity contribution in [3.05, 3.63) is 50.9 Å². The molecule has 5 heteroatoms. The van der Waals surface area contributed by atoms with E-state index >= 15 is 0 Å². The summed E-state index contributed by atoms with van der Waals surface area (Å²) >= 11 is 7.66. The molecule has 2 aromatic heterocycles. The van der Waals surface area contributed by atoms with Crippen LogP contribution in [0.3, 0.4) is 0 Å². The van der Waals surface area contributed by atoms with Crippen LogP contribution < -0.4 is 5.32 Å². The van der Waals surface area contributed by atoms with Gasteiger partial charge in [-0.15, -0.1) is 0 Å². The maximum atomic E-state index is 12.3. The van der Waals surface area contributed by atoms with Crippen LogP contribution in [0.5, 0.6) is 0 Å². The predicted molar refractivity (Wildman–Crippen MR) is 88.2 cm³/mol. The van der Waals surface area contributed by atoms with Crippen LogP contribution in [0.2, 0.25) is 5.15 Å². The molecule has 0 aliphatic rings. The molecule has 0 saturated carbocycles. The van der Waals surface area contributed by atoms with Crippen molar-refractivity contribution in [3.63, 3.8) is 0 Å². The minimum atomic E-state index is -0.0978. The Balaban J connectivity index is 2.02. The van der Waals surface area contributed by atoms with Gasteiger partial charge in [-0.1, -0.05) is 24.9 Å². The lowest BCUT2D eigenvalue weighted by Crippen LogP contribution is -2.34. The van der Waals surface area contributed by atoms with E-state index in [9.17, 15) is 4.79 Å². The molecule has 112 valence electrons. The molecular formula is C16H19ClN2OS.